The highest BCUT2D eigenvalue weighted by Crippen LogP contribution is 2.55. The van der Waals surface area contributed by atoms with Crippen LogP contribution >= 0.6 is 11.6 Å². The van der Waals surface area contributed by atoms with Crippen molar-refractivity contribution in [1.82, 2.24) is 5.32 Å². The zero-order valence-corrected chi connectivity index (χ0v) is 16.4. The van der Waals surface area contributed by atoms with Gasteiger partial charge in [-0.2, -0.15) is 0 Å². The molecule has 1 aliphatic carbocycles. The highest BCUT2D eigenvalue weighted by atomic mass is 35.5. The average molecular weight is 389 g/mol. The molecule has 0 aliphatic heterocycles. The van der Waals surface area contributed by atoms with Gasteiger partial charge in [-0.1, -0.05) is 30.7 Å². The highest BCUT2D eigenvalue weighted by Gasteiger charge is 2.71. The molecular formula is C17H25ClN2O4S. The lowest BCUT2D eigenvalue weighted by atomic mass is 10.1. The van der Waals surface area contributed by atoms with Crippen molar-refractivity contribution in [3.63, 3.8) is 0 Å². The number of benzene rings is 1. The molecule has 1 aromatic rings. The van der Waals surface area contributed by atoms with Gasteiger partial charge in [-0.15, -0.1) is 0 Å². The van der Waals surface area contributed by atoms with Crippen molar-refractivity contribution in [3.05, 3.63) is 34.9 Å². The highest BCUT2D eigenvalue weighted by molar-refractivity contribution is 7.92. The molecule has 0 aromatic heterocycles. The molecular weight excluding hydrogens is 364 g/mol. The van der Waals surface area contributed by atoms with E-state index in [1.165, 1.54) is 0 Å². The van der Waals surface area contributed by atoms with Gasteiger partial charge in [0.05, 0.1) is 10.8 Å². The maximum absolute atomic E-state index is 12.6. The Morgan fingerprint density at radius 1 is 1.32 bits per heavy atom. The number of sulfone groups is 1. The Morgan fingerprint density at radius 3 is 2.32 bits per heavy atom. The monoisotopic (exact) mass is 388 g/mol. The van der Waals surface area contributed by atoms with E-state index in [-0.39, 0.29) is 12.3 Å². The minimum Gasteiger partial charge on any atom is -0.444 e. The molecule has 0 saturated heterocycles. The maximum Gasteiger partial charge on any atom is 0.408 e. The Hall–Kier alpha value is -1.31. The number of amides is 1. The minimum atomic E-state index is -3.42. The lowest BCUT2D eigenvalue weighted by Crippen LogP contribution is -2.49. The number of halogens is 1. The van der Waals surface area contributed by atoms with E-state index >= 15 is 0 Å². The van der Waals surface area contributed by atoms with Crippen LogP contribution in [0.3, 0.4) is 0 Å². The van der Waals surface area contributed by atoms with Crippen molar-refractivity contribution in [1.29, 1.82) is 0 Å². The Bertz CT molecular complexity index is 743. The fourth-order valence-electron chi connectivity index (χ4n) is 3.19. The third-order valence-corrected chi connectivity index (χ3v) is 6.87. The van der Waals surface area contributed by atoms with Gasteiger partial charge in [0.2, 0.25) is 0 Å². The van der Waals surface area contributed by atoms with E-state index in [0.717, 1.165) is 5.56 Å². The van der Waals surface area contributed by atoms with Crippen LogP contribution < -0.4 is 11.1 Å². The standard InChI is InChI=1S/C17H25ClN2O4S/c1-5-25(22,23)14-13(11-6-8-12(18)9-7-11)17(14,10-19)20-15(21)24-16(2,3)4/h6-9,13-14H,5,10,19H2,1-4H3,(H,20,21). The Labute approximate surface area is 154 Å². The summed E-state index contributed by atoms with van der Waals surface area (Å²) < 4.78 is 30.5. The molecule has 3 atom stereocenters. The van der Waals surface area contributed by atoms with E-state index < -0.39 is 38.2 Å². The van der Waals surface area contributed by atoms with Gasteiger partial charge >= 0.3 is 6.09 Å². The van der Waals surface area contributed by atoms with Crippen LogP contribution in [-0.2, 0) is 14.6 Å². The Morgan fingerprint density at radius 2 is 1.88 bits per heavy atom. The van der Waals surface area contributed by atoms with Crippen LogP contribution in [0, 0.1) is 0 Å². The van der Waals surface area contributed by atoms with E-state index in [2.05, 4.69) is 5.32 Å². The van der Waals surface area contributed by atoms with Gasteiger partial charge in [0, 0.05) is 23.2 Å². The first-order valence-electron chi connectivity index (χ1n) is 8.15. The normalized spacial score (nSPS) is 26.2. The first-order valence-corrected chi connectivity index (χ1v) is 10.2. The van der Waals surface area contributed by atoms with Crippen LogP contribution in [0.4, 0.5) is 4.79 Å². The summed E-state index contributed by atoms with van der Waals surface area (Å²) in [6.07, 6.45) is -0.675. The first-order chi connectivity index (χ1) is 11.5. The van der Waals surface area contributed by atoms with Crippen LogP contribution in [0.15, 0.2) is 24.3 Å². The van der Waals surface area contributed by atoms with Crippen LogP contribution in [0.2, 0.25) is 5.02 Å². The topological polar surface area (TPSA) is 98.5 Å². The minimum absolute atomic E-state index is 0.0105. The summed E-state index contributed by atoms with van der Waals surface area (Å²) in [6, 6.07) is 6.91. The number of nitrogens with one attached hydrogen (secondary N) is 1. The fourth-order valence-corrected chi connectivity index (χ4v) is 5.35. The van der Waals surface area contributed by atoms with Gasteiger partial charge < -0.3 is 15.8 Å². The van der Waals surface area contributed by atoms with Gasteiger partial charge in [-0.05, 0) is 38.5 Å². The zero-order chi connectivity index (χ0) is 19.0. The zero-order valence-electron chi connectivity index (χ0n) is 14.9. The molecule has 0 heterocycles. The van der Waals surface area contributed by atoms with E-state index in [1.807, 2.05) is 0 Å². The second-order valence-corrected chi connectivity index (χ2v) is 10.1. The Balaban J connectivity index is 2.38. The van der Waals surface area contributed by atoms with Gasteiger partial charge in [0.1, 0.15) is 5.60 Å². The largest absolute Gasteiger partial charge is 0.444 e. The summed E-state index contributed by atoms with van der Waals surface area (Å²) in [7, 11) is -3.42. The summed E-state index contributed by atoms with van der Waals surface area (Å²) in [5.41, 5.74) is 4.92. The van der Waals surface area contributed by atoms with E-state index in [4.69, 9.17) is 22.1 Å². The maximum atomic E-state index is 12.6. The number of carbonyl (C=O) groups is 1. The summed E-state index contributed by atoms with van der Waals surface area (Å²) in [4.78, 5) is 12.3. The molecule has 1 aliphatic rings. The molecule has 1 amide bonds. The number of ether oxygens (including phenoxy) is 1. The summed E-state index contributed by atoms with van der Waals surface area (Å²) in [5.74, 6) is -0.466. The molecule has 3 unspecified atom stereocenters. The smallest absolute Gasteiger partial charge is 0.408 e. The third kappa shape index (κ3) is 4.10. The molecule has 0 radical (unpaired) electrons. The second-order valence-electron chi connectivity index (χ2n) is 7.27. The van der Waals surface area contributed by atoms with E-state index in [9.17, 15) is 13.2 Å². The van der Waals surface area contributed by atoms with Gasteiger partial charge in [0.25, 0.3) is 0 Å². The lowest BCUT2D eigenvalue weighted by molar-refractivity contribution is 0.0497. The molecule has 0 spiro atoms. The molecule has 0 bridgehead atoms. The average Bonchev–Trinajstić information content (AvgIpc) is 3.15. The van der Waals surface area contributed by atoms with E-state index in [0.29, 0.717) is 5.02 Å². The molecule has 3 N–H and O–H groups in total. The molecule has 1 fully saturated rings. The predicted molar refractivity (Wildman–Crippen MR) is 98.6 cm³/mol. The predicted octanol–water partition coefficient (Wildman–Crippen LogP) is 2.46. The SMILES string of the molecule is CCS(=O)(=O)C1C(c2ccc(Cl)cc2)C1(CN)NC(=O)OC(C)(C)C. The molecule has 8 heteroatoms. The molecule has 140 valence electrons. The fraction of sp³-hybridized carbons (Fsp3) is 0.588. The van der Waals surface area contributed by atoms with Crippen LogP contribution in [-0.4, -0.2) is 43.2 Å². The summed E-state index contributed by atoms with van der Waals surface area (Å²) in [5, 5.41) is 2.49. The number of rotatable bonds is 5. The number of carbonyl (C=O) groups excluding carboxylic acids is 1. The third-order valence-electron chi connectivity index (χ3n) is 4.35. The first kappa shape index (κ1) is 20.0. The number of hydrogen-bond donors (Lipinski definition) is 2. The number of hydrogen-bond acceptors (Lipinski definition) is 5. The number of nitrogens with two attached hydrogens (primary N) is 1. The van der Waals surface area contributed by atoms with Crippen molar-refractivity contribution < 1.29 is 17.9 Å². The molecule has 2 rings (SSSR count). The van der Waals surface area contributed by atoms with E-state index in [1.54, 1.807) is 52.0 Å². The number of alkyl carbamates (subject to hydrolysis) is 1. The second kappa shape index (κ2) is 6.78. The van der Waals surface area contributed by atoms with Crippen molar-refractivity contribution >= 4 is 27.5 Å². The molecule has 25 heavy (non-hydrogen) atoms. The van der Waals surface area contributed by atoms with Crippen LogP contribution in [0.25, 0.3) is 0 Å². The molecule has 1 saturated carbocycles. The quantitative estimate of drug-likeness (QED) is 0.807. The summed E-state index contributed by atoms with van der Waals surface area (Å²) in [6.45, 7) is 6.80. The lowest BCUT2D eigenvalue weighted by Gasteiger charge is -2.24. The van der Waals surface area contributed by atoms with Crippen molar-refractivity contribution in [3.8, 4) is 0 Å². The van der Waals surface area contributed by atoms with Gasteiger partial charge in [-0.25, -0.2) is 13.2 Å². The van der Waals surface area contributed by atoms with Crippen LogP contribution in [0.5, 0.6) is 0 Å². The van der Waals surface area contributed by atoms with Crippen LogP contribution in [0.1, 0.15) is 39.2 Å². The van der Waals surface area contributed by atoms with Gasteiger partial charge in [-0.3, -0.25) is 0 Å². The van der Waals surface area contributed by atoms with Crippen molar-refractivity contribution in [2.75, 3.05) is 12.3 Å². The summed E-state index contributed by atoms with van der Waals surface area (Å²) >= 11 is 5.92. The van der Waals surface area contributed by atoms with Crippen molar-refractivity contribution in [2.24, 2.45) is 5.73 Å². The van der Waals surface area contributed by atoms with Crippen molar-refractivity contribution in [2.45, 2.75) is 50.0 Å². The van der Waals surface area contributed by atoms with Gasteiger partial charge in [0.15, 0.2) is 9.84 Å². The molecule has 6 nitrogen and oxygen atoms in total. The Kier molecular flexibility index (Phi) is 5.42. The molecule has 1 aromatic carbocycles.